The third-order valence-corrected chi connectivity index (χ3v) is 5.06. The van der Waals surface area contributed by atoms with E-state index in [-0.39, 0.29) is 11.0 Å². The fourth-order valence-electron chi connectivity index (χ4n) is 3.44. The largest absolute Gasteiger partial charge is 0.422 e. The summed E-state index contributed by atoms with van der Waals surface area (Å²) < 4.78 is 5.60. The molecule has 0 saturated carbocycles. The van der Waals surface area contributed by atoms with Crippen LogP contribution < -0.4 is 5.63 Å². The first-order valence-corrected chi connectivity index (χ1v) is 8.99. The maximum Gasteiger partial charge on any atom is 0.344 e. The molecule has 0 saturated heterocycles. The van der Waals surface area contributed by atoms with Crippen molar-refractivity contribution in [2.24, 2.45) is 0 Å². The van der Waals surface area contributed by atoms with E-state index in [0.29, 0.717) is 11.0 Å². The molecule has 0 spiro atoms. The number of rotatable bonds is 6. The van der Waals surface area contributed by atoms with Crippen LogP contribution in [0.1, 0.15) is 58.4 Å². The molecule has 24 heavy (non-hydrogen) atoms. The molecule has 0 aliphatic carbocycles. The Morgan fingerprint density at radius 3 is 2.42 bits per heavy atom. The minimum atomic E-state index is -0.254. The molecule has 126 valence electrons. The highest BCUT2D eigenvalue weighted by Crippen LogP contribution is 2.32. The Kier molecular flexibility index (Phi) is 4.75. The Bertz CT molecular complexity index is 903. The van der Waals surface area contributed by atoms with Crippen molar-refractivity contribution in [1.82, 2.24) is 0 Å². The van der Waals surface area contributed by atoms with Crippen molar-refractivity contribution >= 4 is 21.7 Å². The number of fused-ring (bicyclic) bond motifs is 3. The average molecular weight is 322 g/mol. The summed E-state index contributed by atoms with van der Waals surface area (Å²) in [6, 6.07) is 14.0. The van der Waals surface area contributed by atoms with Gasteiger partial charge in [-0.25, -0.2) is 4.79 Å². The fraction of sp³-hybridized carbons (Fsp3) is 0.409. The minimum Gasteiger partial charge on any atom is -0.422 e. The van der Waals surface area contributed by atoms with Gasteiger partial charge in [-0.05, 0) is 34.9 Å². The van der Waals surface area contributed by atoms with Crippen molar-refractivity contribution in [3.63, 3.8) is 0 Å². The zero-order valence-electron chi connectivity index (χ0n) is 14.9. The molecule has 0 aliphatic rings. The summed E-state index contributed by atoms with van der Waals surface area (Å²) >= 11 is 0. The van der Waals surface area contributed by atoms with Crippen molar-refractivity contribution < 1.29 is 4.42 Å². The normalized spacial score (nSPS) is 12.1. The van der Waals surface area contributed by atoms with E-state index in [0.717, 1.165) is 17.2 Å². The van der Waals surface area contributed by atoms with E-state index in [4.69, 9.17) is 4.42 Å². The molecule has 3 aromatic rings. The van der Waals surface area contributed by atoms with Crippen LogP contribution in [0.2, 0.25) is 0 Å². The lowest BCUT2D eigenvalue weighted by molar-refractivity contribution is 0.445. The highest BCUT2D eigenvalue weighted by Gasteiger charge is 2.21. The highest BCUT2D eigenvalue weighted by atomic mass is 16.4. The van der Waals surface area contributed by atoms with E-state index in [1.807, 2.05) is 24.3 Å². The van der Waals surface area contributed by atoms with Gasteiger partial charge < -0.3 is 4.42 Å². The van der Waals surface area contributed by atoms with E-state index >= 15 is 0 Å². The third kappa shape index (κ3) is 3.24. The Balaban J connectivity index is 1.99. The molecule has 0 radical (unpaired) electrons. The number of benzene rings is 2. The van der Waals surface area contributed by atoms with E-state index in [9.17, 15) is 4.79 Å². The van der Waals surface area contributed by atoms with Gasteiger partial charge in [0.1, 0.15) is 5.58 Å². The van der Waals surface area contributed by atoms with Crippen LogP contribution in [0.4, 0.5) is 0 Å². The molecule has 0 atom stereocenters. The molecule has 0 aliphatic heterocycles. The van der Waals surface area contributed by atoms with Gasteiger partial charge in [-0.1, -0.05) is 76.8 Å². The van der Waals surface area contributed by atoms with Crippen LogP contribution in [-0.2, 0) is 5.41 Å². The second kappa shape index (κ2) is 6.80. The highest BCUT2D eigenvalue weighted by molar-refractivity contribution is 6.04. The Morgan fingerprint density at radius 2 is 1.67 bits per heavy atom. The Labute approximate surface area is 143 Å². The molecule has 2 heteroatoms. The SMILES string of the molecule is CCCCCCC(C)(C)c1ccc2c(c1)oc(=O)c1ccccc12. The lowest BCUT2D eigenvalue weighted by Gasteiger charge is -2.25. The monoisotopic (exact) mass is 322 g/mol. The molecule has 1 heterocycles. The zero-order chi connectivity index (χ0) is 17.2. The van der Waals surface area contributed by atoms with Gasteiger partial charge in [0.2, 0.25) is 0 Å². The van der Waals surface area contributed by atoms with Crippen molar-refractivity contribution in [3.8, 4) is 0 Å². The van der Waals surface area contributed by atoms with Crippen molar-refractivity contribution in [3.05, 3.63) is 58.4 Å². The van der Waals surface area contributed by atoms with Crippen LogP contribution >= 0.6 is 0 Å². The van der Waals surface area contributed by atoms with E-state index < -0.39 is 0 Å². The topological polar surface area (TPSA) is 30.2 Å². The zero-order valence-corrected chi connectivity index (χ0v) is 14.9. The van der Waals surface area contributed by atoms with Gasteiger partial charge in [0, 0.05) is 5.39 Å². The van der Waals surface area contributed by atoms with Crippen LogP contribution in [0.3, 0.4) is 0 Å². The maximum atomic E-state index is 12.2. The molecule has 0 N–H and O–H groups in total. The molecule has 0 amide bonds. The summed E-state index contributed by atoms with van der Waals surface area (Å²) in [6.07, 6.45) is 6.23. The second-order valence-corrected chi connectivity index (χ2v) is 7.34. The van der Waals surface area contributed by atoms with Crippen LogP contribution in [0.15, 0.2) is 51.7 Å². The summed E-state index contributed by atoms with van der Waals surface area (Å²) in [5, 5.41) is 2.63. The van der Waals surface area contributed by atoms with Crippen LogP contribution in [0, 0.1) is 0 Å². The summed E-state index contributed by atoms with van der Waals surface area (Å²) in [4.78, 5) is 12.2. The lowest BCUT2D eigenvalue weighted by Crippen LogP contribution is -2.17. The molecule has 0 unspecified atom stereocenters. The number of hydrogen-bond acceptors (Lipinski definition) is 2. The van der Waals surface area contributed by atoms with Crippen molar-refractivity contribution in [2.45, 2.75) is 58.3 Å². The Morgan fingerprint density at radius 1 is 0.917 bits per heavy atom. The van der Waals surface area contributed by atoms with Crippen molar-refractivity contribution in [1.29, 1.82) is 0 Å². The van der Waals surface area contributed by atoms with Crippen molar-refractivity contribution in [2.75, 3.05) is 0 Å². The van der Waals surface area contributed by atoms with Crippen LogP contribution in [0.5, 0.6) is 0 Å². The fourth-order valence-corrected chi connectivity index (χ4v) is 3.44. The Hall–Kier alpha value is -2.09. The van der Waals surface area contributed by atoms with Gasteiger partial charge in [-0.3, -0.25) is 0 Å². The van der Waals surface area contributed by atoms with Gasteiger partial charge in [0.15, 0.2) is 0 Å². The molecule has 3 rings (SSSR count). The summed E-state index contributed by atoms with van der Waals surface area (Å²) in [7, 11) is 0. The summed E-state index contributed by atoms with van der Waals surface area (Å²) in [5.74, 6) is 0. The molecule has 2 nitrogen and oxygen atoms in total. The maximum absolute atomic E-state index is 12.2. The van der Waals surface area contributed by atoms with E-state index in [1.54, 1.807) is 0 Å². The van der Waals surface area contributed by atoms with E-state index in [1.165, 1.54) is 31.2 Å². The van der Waals surface area contributed by atoms with Gasteiger partial charge in [0.25, 0.3) is 0 Å². The summed E-state index contributed by atoms with van der Waals surface area (Å²) in [5.41, 5.74) is 1.77. The molecule has 0 bridgehead atoms. The predicted octanol–water partition coefficient (Wildman–Crippen LogP) is 6.19. The minimum absolute atomic E-state index is 0.0894. The molecular formula is C22H26O2. The molecule has 1 aromatic heterocycles. The molecule has 2 aromatic carbocycles. The second-order valence-electron chi connectivity index (χ2n) is 7.34. The average Bonchev–Trinajstić information content (AvgIpc) is 2.58. The third-order valence-electron chi connectivity index (χ3n) is 5.06. The smallest absolute Gasteiger partial charge is 0.344 e. The molecule has 0 fully saturated rings. The summed E-state index contributed by atoms with van der Waals surface area (Å²) in [6.45, 7) is 6.79. The molecular weight excluding hydrogens is 296 g/mol. The number of unbranched alkanes of at least 4 members (excludes halogenated alkanes) is 3. The number of hydrogen-bond donors (Lipinski definition) is 0. The van der Waals surface area contributed by atoms with Gasteiger partial charge in [0.05, 0.1) is 5.39 Å². The van der Waals surface area contributed by atoms with Crippen LogP contribution in [0.25, 0.3) is 21.7 Å². The first-order chi connectivity index (χ1) is 11.5. The van der Waals surface area contributed by atoms with Crippen LogP contribution in [-0.4, -0.2) is 0 Å². The quantitative estimate of drug-likeness (QED) is 0.307. The van der Waals surface area contributed by atoms with E-state index in [2.05, 4.69) is 39.0 Å². The first-order valence-electron chi connectivity index (χ1n) is 8.99. The van der Waals surface area contributed by atoms with Gasteiger partial charge in [-0.15, -0.1) is 0 Å². The predicted molar refractivity (Wildman–Crippen MR) is 102 cm³/mol. The first kappa shape index (κ1) is 16.8. The standard InChI is InChI=1S/C22H26O2/c1-4-5-6-9-14-22(2,3)16-12-13-18-17-10-7-8-11-19(17)21(23)24-20(18)15-16/h7-8,10-13,15H,4-6,9,14H2,1-3H3. The lowest BCUT2D eigenvalue weighted by atomic mass is 9.79. The van der Waals surface area contributed by atoms with Gasteiger partial charge >= 0.3 is 5.63 Å². The van der Waals surface area contributed by atoms with Gasteiger partial charge in [-0.2, -0.15) is 0 Å².